The van der Waals surface area contributed by atoms with E-state index in [1.807, 2.05) is 18.2 Å². The highest BCUT2D eigenvalue weighted by molar-refractivity contribution is 7.99. The lowest BCUT2D eigenvalue weighted by atomic mass is 10.1. The molecule has 2 aromatic rings. The van der Waals surface area contributed by atoms with Crippen molar-refractivity contribution in [3.8, 4) is 11.5 Å². The molecule has 0 unspecified atom stereocenters. The molecule has 1 aliphatic rings. The second kappa shape index (κ2) is 9.69. The molecule has 2 aromatic carbocycles. The van der Waals surface area contributed by atoms with Gasteiger partial charge in [0.05, 0.1) is 6.42 Å². The molecule has 0 saturated heterocycles. The van der Waals surface area contributed by atoms with E-state index in [9.17, 15) is 9.59 Å². The van der Waals surface area contributed by atoms with Gasteiger partial charge >= 0.3 is 5.97 Å². The lowest BCUT2D eigenvalue weighted by molar-refractivity contribution is -0.154. The summed E-state index contributed by atoms with van der Waals surface area (Å²) in [7, 11) is 0. The third-order valence-electron chi connectivity index (χ3n) is 4.63. The highest BCUT2D eigenvalue weighted by Crippen LogP contribution is 2.32. The number of aryl methyl sites for hydroxylation is 2. The molecule has 0 saturated carbocycles. The largest absolute Gasteiger partial charge is 0.454 e. The molecule has 0 radical (unpaired) electrons. The molecule has 0 fully saturated rings. The average Bonchev–Trinajstić information content (AvgIpc) is 3.16. The molecule has 0 aromatic heterocycles. The number of ether oxygens (including phenoxy) is 3. The fourth-order valence-corrected chi connectivity index (χ4v) is 3.68. The number of amides is 1. The molecule has 1 atom stereocenters. The van der Waals surface area contributed by atoms with Crippen LogP contribution in [0.15, 0.2) is 41.3 Å². The summed E-state index contributed by atoms with van der Waals surface area (Å²) in [6.45, 7) is 6.24. The van der Waals surface area contributed by atoms with Crippen molar-refractivity contribution in [2.45, 2.75) is 44.7 Å². The van der Waals surface area contributed by atoms with Gasteiger partial charge in [0.2, 0.25) is 6.79 Å². The molecule has 1 amide bonds. The number of hydrogen-bond donors (Lipinski definition) is 1. The topological polar surface area (TPSA) is 73.9 Å². The summed E-state index contributed by atoms with van der Waals surface area (Å²) >= 11 is 1.60. The maximum absolute atomic E-state index is 12.2. The minimum absolute atomic E-state index is 0.208. The Bertz CT molecular complexity index is 899. The maximum atomic E-state index is 12.2. The summed E-state index contributed by atoms with van der Waals surface area (Å²) < 4.78 is 15.8. The molecule has 0 spiro atoms. The van der Waals surface area contributed by atoms with Crippen molar-refractivity contribution in [1.82, 2.24) is 5.32 Å². The van der Waals surface area contributed by atoms with Gasteiger partial charge in [-0.05, 0) is 61.7 Å². The Labute approximate surface area is 174 Å². The molecular weight excluding hydrogens is 390 g/mol. The lowest BCUT2D eigenvalue weighted by Gasteiger charge is -2.14. The van der Waals surface area contributed by atoms with Gasteiger partial charge in [0.25, 0.3) is 5.91 Å². The Morgan fingerprint density at radius 2 is 1.90 bits per heavy atom. The first-order valence-electron chi connectivity index (χ1n) is 9.48. The van der Waals surface area contributed by atoms with Crippen LogP contribution in [0.4, 0.5) is 0 Å². The molecule has 29 heavy (non-hydrogen) atoms. The summed E-state index contributed by atoms with van der Waals surface area (Å²) in [5, 5.41) is 2.77. The van der Waals surface area contributed by atoms with Crippen LogP contribution in [-0.2, 0) is 20.9 Å². The van der Waals surface area contributed by atoms with Crippen LogP contribution < -0.4 is 14.8 Å². The number of hydrogen-bond acceptors (Lipinski definition) is 6. The van der Waals surface area contributed by atoms with Crippen molar-refractivity contribution >= 4 is 23.6 Å². The summed E-state index contributed by atoms with van der Waals surface area (Å²) in [5.41, 5.74) is 3.35. The Morgan fingerprint density at radius 1 is 1.10 bits per heavy atom. The van der Waals surface area contributed by atoms with Crippen LogP contribution in [0, 0.1) is 13.8 Å². The molecule has 1 heterocycles. The number of benzene rings is 2. The standard InChI is InChI=1S/C22H25NO5S/c1-14-4-6-18(10-15(14)2)29-9-8-21(24)28-16(3)22(25)23-12-17-5-7-19-20(11-17)27-13-26-19/h4-7,10-11,16H,8-9,12-13H2,1-3H3,(H,23,25)/t16-/m1/s1. The number of nitrogens with one attached hydrogen (secondary N) is 1. The van der Waals surface area contributed by atoms with Crippen molar-refractivity contribution in [2.75, 3.05) is 12.5 Å². The summed E-state index contributed by atoms with van der Waals surface area (Å²) in [6, 6.07) is 11.7. The van der Waals surface area contributed by atoms with E-state index in [0.29, 0.717) is 23.8 Å². The Hall–Kier alpha value is -2.67. The van der Waals surface area contributed by atoms with E-state index in [2.05, 4.69) is 31.3 Å². The quantitative estimate of drug-likeness (QED) is 0.523. The van der Waals surface area contributed by atoms with E-state index in [0.717, 1.165) is 10.5 Å². The van der Waals surface area contributed by atoms with Gasteiger partial charge < -0.3 is 19.5 Å². The van der Waals surface area contributed by atoms with Crippen LogP contribution in [0.3, 0.4) is 0 Å². The molecule has 0 bridgehead atoms. The second-order valence-electron chi connectivity index (χ2n) is 6.88. The number of rotatable bonds is 8. The molecule has 0 aliphatic carbocycles. The Balaban J connectivity index is 1.38. The molecule has 1 aliphatic heterocycles. The van der Waals surface area contributed by atoms with Crippen LogP contribution in [-0.4, -0.2) is 30.5 Å². The van der Waals surface area contributed by atoms with Crippen molar-refractivity contribution in [1.29, 1.82) is 0 Å². The van der Waals surface area contributed by atoms with E-state index in [1.54, 1.807) is 24.8 Å². The lowest BCUT2D eigenvalue weighted by Crippen LogP contribution is -2.35. The minimum Gasteiger partial charge on any atom is -0.454 e. The number of fused-ring (bicyclic) bond motifs is 1. The molecule has 7 heteroatoms. The summed E-state index contributed by atoms with van der Waals surface area (Å²) in [6.07, 6.45) is -0.597. The predicted octanol–water partition coefficient (Wildman–Crippen LogP) is 3.76. The minimum atomic E-state index is -0.844. The van der Waals surface area contributed by atoms with Crippen molar-refractivity contribution in [3.05, 3.63) is 53.1 Å². The van der Waals surface area contributed by atoms with Crippen LogP contribution in [0.1, 0.15) is 30.0 Å². The van der Waals surface area contributed by atoms with Gasteiger partial charge in [-0.2, -0.15) is 0 Å². The van der Waals surface area contributed by atoms with Crippen LogP contribution in [0.5, 0.6) is 11.5 Å². The van der Waals surface area contributed by atoms with Crippen LogP contribution in [0.2, 0.25) is 0 Å². The van der Waals surface area contributed by atoms with E-state index in [-0.39, 0.29) is 25.1 Å². The van der Waals surface area contributed by atoms with Gasteiger partial charge in [-0.25, -0.2) is 0 Å². The summed E-state index contributed by atoms with van der Waals surface area (Å²) in [4.78, 5) is 25.3. The maximum Gasteiger partial charge on any atom is 0.307 e. The van der Waals surface area contributed by atoms with E-state index >= 15 is 0 Å². The van der Waals surface area contributed by atoms with Crippen LogP contribution in [0.25, 0.3) is 0 Å². The van der Waals surface area contributed by atoms with Gasteiger partial charge in [0, 0.05) is 17.2 Å². The third kappa shape index (κ3) is 5.90. The second-order valence-corrected chi connectivity index (χ2v) is 8.05. The first-order chi connectivity index (χ1) is 13.9. The van der Waals surface area contributed by atoms with E-state index in [1.165, 1.54) is 11.1 Å². The van der Waals surface area contributed by atoms with Crippen LogP contribution >= 0.6 is 11.8 Å². The van der Waals surface area contributed by atoms with E-state index in [4.69, 9.17) is 14.2 Å². The van der Waals surface area contributed by atoms with Gasteiger partial charge in [-0.1, -0.05) is 12.1 Å². The molecule has 154 valence electrons. The number of carbonyl (C=O) groups is 2. The first kappa shape index (κ1) is 21.0. The average molecular weight is 416 g/mol. The van der Waals surface area contributed by atoms with Crippen molar-refractivity contribution in [2.24, 2.45) is 0 Å². The van der Waals surface area contributed by atoms with Gasteiger partial charge in [0.1, 0.15) is 0 Å². The Kier molecular flexibility index (Phi) is 7.04. The zero-order chi connectivity index (χ0) is 20.8. The van der Waals surface area contributed by atoms with Crippen molar-refractivity contribution < 1.29 is 23.8 Å². The Morgan fingerprint density at radius 3 is 2.69 bits per heavy atom. The smallest absolute Gasteiger partial charge is 0.307 e. The monoisotopic (exact) mass is 415 g/mol. The number of thioether (sulfide) groups is 1. The molecular formula is C22H25NO5S. The van der Waals surface area contributed by atoms with Crippen molar-refractivity contribution in [3.63, 3.8) is 0 Å². The molecule has 6 nitrogen and oxygen atoms in total. The fourth-order valence-electron chi connectivity index (χ4n) is 2.75. The van der Waals surface area contributed by atoms with Gasteiger partial charge in [-0.3, -0.25) is 9.59 Å². The fraction of sp³-hybridized carbons (Fsp3) is 0.364. The highest BCUT2D eigenvalue weighted by Gasteiger charge is 2.18. The van der Waals surface area contributed by atoms with E-state index < -0.39 is 6.10 Å². The van der Waals surface area contributed by atoms with Gasteiger partial charge in [-0.15, -0.1) is 11.8 Å². The van der Waals surface area contributed by atoms with Gasteiger partial charge in [0.15, 0.2) is 17.6 Å². The number of carbonyl (C=O) groups excluding carboxylic acids is 2. The molecule has 3 rings (SSSR count). The first-order valence-corrected chi connectivity index (χ1v) is 10.5. The SMILES string of the molecule is Cc1ccc(SCCC(=O)O[C@H](C)C(=O)NCc2ccc3c(c2)OCO3)cc1C. The zero-order valence-electron chi connectivity index (χ0n) is 16.8. The zero-order valence-corrected chi connectivity index (χ0v) is 17.6. The normalized spacial score (nSPS) is 13.1. The third-order valence-corrected chi connectivity index (χ3v) is 5.63. The number of esters is 1. The molecule has 1 N–H and O–H groups in total. The summed E-state index contributed by atoms with van der Waals surface area (Å²) in [5.74, 6) is 1.25. The highest BCUT2D eigenvalue weighted by atomic mass is 32.2. The predicted molar refractivity (Wildman–Crippen MR) is 111 cm³/mol.